The first-order chi connectivity index (χ1) is 19.0. The van der Waals surface area contributed by atoms with Crippen LogP contribution in [0.5, 0.6) is 0 Å². The predicted octanol–water partition coefficient (Wildman–Crippen LogP) is 3.44. The van der Waals surface area contributed by atoms with Crippen LogP contribution in [-0.4, -0.2) is 78.6 Å². The molecule has 0 bridgehead atoms. The second-order valence-electron chi connectivity index (χ2n) is 13.9. The summed E-state index contributed by atoms with van der Waals surface area (Å²) in [5, 5.41) is 16.0. The van der Waals surface area contributed by atoms with Crippen molar-refractivity contribution in [2.45, 2.75) is 89.9 Å². The lowest BCUT2D eigenvalue weighted by Gasteiger charge is -2.63. The van der Waals surface area contributed by atoms with E-state index < -0.39 is 17.1 Å². The Hall–Kier alpha value is -2.13. The van der Waals surface area contributed by atoms with E-state index in [-0.39, 0.29) is 53.9 Å². The van der Waals surface area contributed by atoms with E-state index in [1.54, 1.807) is 0 Å². The fourth-order valence-electron chi connectivity index (χ4n) is 10.2. The fourth-order valence-corrected chi connectivity index (χ4v) is 10.2. The molecular formula is C31H46N2O7. The van der Waals surface area contributed by atoms with Crippen LogP contribution in [0.2, 0.25) is 0 Å². The maximum absolute atomic E-state index is 12.8. The highest BCUT2D eigenvalue weighted by molar-refractivity contribution is 5.82. The number of nitrogens with one attached hydrogen (secondary N) is 1. The summed E-state index contributed by atoms with van der Waals surface area (Å²) in [5.74, 6) is 0.0544. The Balaban J connectivity index is 1.21. The number of fused-ring (bicyclic) bond motifs is 5. The quantitative estimate of drug-likeness (QED) is 0.400. The molecule has 2 N–H and O–H groups in total. The smallest absolute Gasteiger partial charge is 0.410 e. The molecule has 9 nitrogen and oxygen atoms in total. The molecule has 2 aliphatic heterocycles. The third kappa shape index (κ3) is 4.46. The minimum atomic E-state index is -0.963. The van der Waals surface area contributed by atoms with Gasteiger partial charge in [-0.3, -0.25) is 4.79 Å². The second kappa shape index (κ2) is 10.3. The number of hydrogen-bond acceptors (Lipinski definition) is 8. The molecule has 9 heteroatoms. The van der Waals surface area contributed by atoms with Crippen molar-refractivity contribution >= 4 is 18.0 Å². The number of carbonyl (C=O) groups is 3. The molecule has 2 heterocycles. The van der Waals surface area contributed by atoms with Crippen LogP contribution in [0.15, 0.2) is 12.2 Å². The lowest BCUT2D eigenvalue weighted by Crippen LogP contribution is -2.62. The van der Waals surface area contributed by atoms with Gasteiger partial charge in [0.25, 0.3) is 0 Å². The van der Waals surface area contributed by atoms with Crippen LogP contribution in [0.4, 0.5) is 4.79 Å². The molecule has 0 aromatic rings. The zero-order valence-corrected chi connectivity index (χ0v) is 24.2. The maximum atomic E-state index is 12.8. The number of cyclic esters (lactones) is 1. The van der Waals surface area contributed by atoms with Gasteiger partial charge in [0, 0.05) is 62.9 Å². The average Bonchev–Trinajstić information content (AvgIpc) is 3.15. The van der Waals surface area contributed by atoms with Crippen molar-refractivity contribution in [2.75, 3.05) is 32.8 Å². The van der Waals surface area contributed by atoms with Crippen molar-refractivity contribution in [3.8, 4) is 0 Å². The topological polar surface area (TPSA) is 114 Å². The summed E-state index contributed by atoms with van der Waals surface area (Å²) in [4.78, 5) is 38.5. The second-order valence-corrected chi connectivity index (χ2v) is 13.9. The Morgan fingerprint density at radius 1 is 1.07 bits per heavy atom. The van der Waals surface area contributed by atoms with E-state index in [9.17, 15) is 19.5 Å². The van der Waals surface area contributed by atoms with Gasteiger partial charge >= 0.3 is 18.0 Å². The first-order valence-corrected chi connectivity index (χ1v) is 15.5. The molecule has 6 rings (SSSR count). The Labute approximate surface area is 237 Å². The molecule has 4 aliphatic carbocycles. The van der Waals surface area contributed by atoms with Gasteiger partial charge in [0.15, 0.2) is 0 Å². The van der Waals surface area contributed by atoms with Crippen molar-refractivity contribution in [3.05, 3.63) is 12.2 Å². The highest BCUT2D eigenvalue weighted by Gasteiger charge is 2.71. The number of hydrogen-bond donors (Lipinski definition) is 2. The third-order valence-electron chi connectivity index (χ3n) is 12.2. The van der Waals surface area contributed by atoms with Crippen LogP contribution < -0.4 is 5.32 Å². The van der Waals surface area contributed by atoms with Gasteiger partial charge in [0.2, 0.25) is 0 Å². The SMILES string of the molecule is CC(=O)O[C@H]1C[C@]2(O)[C@@H]3CC[C@@H]4C[C@@H](OC(=O)N5CCNCC5)CC[C@]4(C)[C@H]3CC[C@]2(C)[C@H]1C1C=CC(=O)OC1. The van der Waals surface area contributed by atoms with E-state index in [0.29, 0.717) is 31.3 Å². The zero-order valence-electron chi connectivity index (χ0n) is 24.2. The molecule has 0 aromatic carbocycles. The number of carbonyl (C=O) groups excluding carboxylic acids is 3. The summed E-state index contributed by atoms with van der Waals surface area (Å²) in [6.07, 6.45) is 9.70. The average molecular weight is 559 g/mol. The lowest BCUT2D eigenvalue weighted by atomic mass is 9.43. The maximum Gasteiger partial charge on any atom is 0.410 e. The molecule has 40 heavy (non-hydrogen) atoms. The summed E-state index contributed by atoms with van der Waals surface area (Å²) < 4.78 is 17.3. The van der Waals surface area contributed by atoms with Crippen molar-refractivity contribution in [1.29, 1.82) is 0 Å². The summed E-state index contributed by atoms with van der Waals surface area (Å²) in [7, 11) is 0. The molecule has 6 aliphatic rings. The molecule has 0 radical (unpaired) electrons. The Morgan fingerprint density at radius 3 is 2.55 bits per heavy atom. The highest BCUT2D eigenvalue weighted by Crippen LogP contribution is 2.70. The van der Waals surface area contributed by atoms with Gasteiger partial charge in [-0.05, 0) is 68.1 Å². The van der Waals surface area contributed by atoms with Gasteiger partial charge in [0.1, 0.15) is 12.2 Å². The molecule has 222 valence electrons. The van der Waals surface area contributed by atoms with Crippen LogP contribution in [0.25, 0.3) is 0 Å². The molecule has 4 saturated carbocycles. The number of piperazine rings is 1. The number of ether oxygens (including phenoxy) is 3. The van der Waals surface area contributed by atoms with E-state index in [2.05, 4.69) is 19.2 Å². The first-order valence-electron chi connectivity index (χ1n) is 15.5. The van der Waals surface area contributed by atoms with Gasteiger partial charge in [-0.15, -0.1) is 0 Å². The lowest BCUT2D eigenvalue weighted by molar-refractivity contribution is -0.213. The fraction of sp³-hybridized carbons (Fsp3) is 0.839. The summed E-state index contributed by atoms with van der Waals surface area (Å²) in [6, 6.07) is 0. The van der Waals surface area contributed by atoms with Crippen LogP contribution in [0.1, 0.15) is 72.1 Å². The molecule has 1 unspecified atom stereocenters. The third-order valence-corrected chi connectivity index (χ3v) is 12.2. The predicted molar refractivity (Wildman–Crippen MR) is 146 cm³/mol. The number of amides is 1. The summed E-state index contributed by atoms with van der Waals surface area (Å²) >= 11 is 0. The largest absolute Gasteiger partial charge is 0.462 e. The Bertz CT molecular complexity index is 1060. The van der Waals surface area contributed by atoms with Gasteiger partial charge in [0.05, 0.1) is 12.2 Å². The number of aliphatic hydroxyl groups is 1. The van der Waals surface area contributed by atoms with Crippen molar-refractivity contribution in [1.82, 2.24) is 10.2 Å². The van der Waals surface area contributed by atoms with E-state index >= 15 is 0 Å². The van der Waals surface area contributed by atoms with Gasteiger partial charge in [-0.1, -0.05) is 19.9 Å². The number of esters is 2. The van der Waals surface area contributed by atoms with Crippen molar-refractivity contribution in [2.24, 2.45) is 40.4 Å². The summed E-state index contributed by atoms with van der Waals surface area (Å²) in [5.41, 5.74) is -1.34. The Morgan fingerprint density at radius 2 is 1.85 bits per heavy atom. The first kappa shape index (κ1) is 28.0. The van der Waals surface area contributed by atoms with Crippen LogP contribution >= 0.6 is 0 Å². The van der Waals surface area contributed by atoms with Gasteiger partial charge in [-0.2, -0.15) is 0 Å². The van der Waals surface area contributed by atoms with Crippen LogP contribution in [0, 0.1) is 40.4 Å². The number of rotatable bonds is 3. The monoisotopic (exact) mass is 558 g/mol. The van der Waals surface area contributed by atoms with Crippen molar-refractivity contribution in [3.63, 3.8) is 0 Å². The minimum Gasteiger partial charge on any atom is -0.462 e. The van der Waals surface area contributed by atoms with E-state index in [4.69, 9.17) is 14.2 Å². The standard InChI is InChI=1S/C31H46N2O7/c1-19(34)39-25-17-31(37)24-6-5-21-16-22(40-28(36)33-14-12-32-13-15-33)8-10-29(21,2)23(24)9-11-30(31,3)27(25)20-4-7-26(35)38-18-20/h4,7,20-25,27,32,37H,5-6,8-18H2,1-3H3/t20?,21-,22+,23+,24-,25+,27+,29+,30-,31+/m1/s1. The van der Waals surface area contributed by atoms with Crippen LogP contribution in [0.3, 0.4) is 0 Å². The van der Waals surface area contributed by atoms with E-state index in [0.717, 1.165) is 58.0 Å². The highest BCUT2D eigenvalue weighted by atomic mass is 16.6. The number of nitrogens with zero attached hydrogens (tertiary/aromatic N) is 1. The summed E-state index contributed by atoms with van der Waals surface area (Å²) in [6.45, 7) is 9.30. The van der Waals surface area contributed by atoms with E-state index in [1.807, 2.05) is 11.0 Å². The van der Waals surface area contributed by atoms with Gasteiger partial charge < -0.3 is 29.5 Å². The molecule has 5 fully saturated rings. The minimum absolute atomic E-state index is 0.0426. The molecular weight excluding hydrogens is 512 g/mol. The van der Waals surface area contributed by atoms with Crippen LogP contribution in [-0.2, 0) is 23.8 Å². The van der Waals surface area contributed by atoms with Crippen molar-refractivity contribution < 1.29 is 33.7 Å². The normalized spacial score (nSPS) is 46.5. The van der Waals surface area contributed by atoms with Gasteiger partial charge in [-0.25, -0.2) is 9.59 Å². The molecule has 0 spiro atoms. The Kier molecular flexibility index (Phi) is 7.21. The molecule has 1 amide bonds. The molecule has 1 saturated heterocycles. The van der Waals surface area contributed by atoms with E-state index in [1.165, 1.54) is 13.0 Å². The molecule has 0 aromatic heterocycles. The molecule has 10 atom stereocenters. The zero-order chi connectivity index (χ0) is 28.3.